The van der Waals surface area contributed by atoms with Crippen molar-refractivity contribution in [1.29, 1.82) is 0 Å². The van der Waals surface area contributed by atoms with Crippen molar-refractivity contribution in [1.82, 2.24) is 0 Å². The van der Waals surface area contributed by atoms with Crippen LogP contribution in [0.15, 0.2) is 0 Å². The van der Waals surface area contributed by atoms with Gasteiger partial charge in [-0.05, 0) is 12.8 Å². The molecular formula is C5H10IN. The van der Waals surface area contributed by atoms with Crippen molar-refractivity contribution in [3.63, 3.8) is 0 Å². The maximum absolute atomic E-state index is 5.67. The summed E-state index contributed by atoms with van der Waals surface area (Å²) in [6, 6.07) is 0.501. The third kappa shape index (κ3) is 1.29. The van der Waals surface area contributed by atoms with E-state index in [1.54, 1.807) is 0 Å². The third-order valence-electron chi connectivity index (χ3n) is 1.48. The topological polar surface area (TPSA) is 26.0 Å². The zero-order valence-electron chi connectivity index (χ0n) is 4.23. The molecule has 0 aliphatic heterocycles. The molecule has 0 aromatic rings. The fraction of sp³-hybridized carbons (Fsp3) is 1.00. The van der Waals surface area contributed by atoms with Crippen LogP contribution < -0.4 is 5.73 Å². The van der Waals surface area contributed by atoms with Crippen molar-refractivity contribution in [2.75, 3.05) is 0 Å². The van der Waals surface area contributed by atoms with Crippen LogP contribution >= 0.6 is 22.6 Å². The van der Waals surface area contributed by atoms with Crippen LogP contribution in [-0.4, -0.2) is 9.97 Å². The Balaban J connectivity index is 2.33. The summed E-state index contributed by atoms with van der Waals surface area (Å²) in [6.07, 6.45) is 3.92. The summed E-state index contributed by atoms with van der Waals surface area (Å²) in [5.74, 6) is 0. The molecule has 42 valence electrons. The molecule has 1 aliphatic carbocycles. The van der Waals surface area contributed by atoms with Gasteiger partial charge in [0.05, 0.1) is 0 Å². The molecule has 1 nitrogen and oxygen atoms in total. The highest BCUT2D eigenvalue weighted by atomic mass is 127. The normalized spacial score (nSPS) is 42.0. The average Bonchev–Trinajstić information content (AvgIpc) is 1.91. The second-order valence-electron chi connectivity index (χ2n) is 2.11. The van der Waals surface area contributed by atoms with Gasteiger partial charge in [0, 0.05) is 9.97 Å². The van der Waals surface area contributed by atoms with E-state index in [0.717, 1.165) is 3.92 Å². The van der Waals surface area contributed by atoms with Crippen LogP contribution in [0.3, 0.4) is 0 Å². The fourth-order valence-electron chi connectivity index (χ4n) is 0.943. The lowest BCUT2D eigenvalue weighted by molar-refractivity contribution is 0.729. The molecule has 0 amide bonds. The summed E-state index contributed by atoms with van der Waals surface area (Å²) in [7, 11) is 0. The summed E-state index contributed by atoms with van der Waals surface area (Å²) in [4.78, 5) is 0. The summed E-state index contributed by atoms with van der Waals surface area (Å²) in [5, 5.41) is 0. The van der Waals surface area contributed by atoms with E-state index in [1.165, 1.54) is 19.3 Å². The Hall–Kier alpha value is 0.690. The minimum Gasteiger partial charge on any atom is -0.327 e. The molecule has 2 N–H and O–H groups in total. The van der Waals surface area contributed by atoms with Crippen molar-refractivity contribution in [2.24, 2.45) is 5.73 Å². The number of rotatable bonds is 0. The fourth-order valence-corrected chi connectivity index (χ4v) is 1.74. The molecule has 2 atom stereocenters. The van der Waals surface area contributed by atoms with Crippen molar-refractivity contribution in [3.8, 4) is 0 Å². The zero-order chi connectivity index (χ0) is 5.28. The van der Waals surface area contributed by atoms with Gasteiger partial charge in [0.25, 0.3) is 0 Å². The predicted molar refractivity (Wildman–Crippen MR) is 39.6 cm³/mol. The van der Waals surface area contributed by atoms with E-state index in [-0.39, 0.29) is 0 Å². The van der Waals surface area contributed by atoms with E-state index in [4.69, 9.17) is 5.73 Å². The largest absolute Gasteiger partial charge is 0.327 e. The van der Waals surface area contributed by atoms with E-state index < -0.39 is 0 Å². The van der Waals surface area contributed by atoms with Crippen LogP contribution in [0.2, 0.25) is 0 Å². The van der Waals surface area contributed by atoms with Gasteiger partial charge in [-0.2, -0.15) is 0 Å². The van der Waals surface area contributed by atoms with Crippen LogP contribution in [0.1, 0.15) is 19.3 Å². The lowest BCUT2D eigenvalue weighted by Crippen LogP contribution is -2.23. The van der Waals surface area contributed by atoms with Gasteiger partial charge in [-0.3, -0.25) is 0 Å². The molecule has 1 rings (SSSR count). The van der Waals surface area contributed by atoms with Crippen LogP contribution in [0.25, 0.3) is 0 Å². The molecule has 0 aromatic heterocycles. The average molecular weight is 211 g/mol. The van der Waals surface area contributed by atoms with E-state index in [0.29, 0.717) is 6.04 Å². The van der Waals surface area contributed by atoms with Crippen LogP contribution in [0.5, 0.6) is 0 Å². The smallest absolute Gasteiger partial charge is 0.0261 e. The Morgan fingerprint density at radius 1 is 1.43 bits per heavy atom. The van der Waals surface area contributed by atoms with Crippen molar-refractivity contribution < 1.29 is 0 Å². The maximum Gasteiger partial charge on any atom is 0.0261 e. The first kappa shape index (κ1) is 5.82. The standard InChI is InChI=1S/C5H10IN/c6-4-2-1-3-5(4)7/h4-5H,1-3,7H2/t4-,5-/m0/s1. The highest BCUT2D eigenvalue weighted by Crippen LogP contribution is 2.23. The molecule has 0 unspecified atom stereocenters. The maximum atomic E-state index is 5.67. The Kier molecular flexibility index (Phi) is 1.92. The predicted octanol–water partition coefficient (Wildman–Crippen LogP) is 1.30. The van der Waals surface area contributed by atoms with E-state index in [2.05, 4.69) is 22.6 Å². The zero-order valence-corrected chi connectivity index (χ0v) is 6.39. The van der Waals surface area contributed by atoms with Gasteiger partial charge >= 0.3 is 0 Å². The molecule has 2 heteroatoms. The van der Waals surface area contributed by atoms with Crippen LogP contribution in [0, 0.1) is 0 Å². The summed E-state index contributed by atoms with van der Waals surface area (Å²) in [5.41, 5.74) is 5.67. The Labute approximate surface area is 57.8 Å². The first-order valence-electron chi connectivity index (χ1n) is 2.70. The number of hydrogen-bond donors (Lipinski definition) is 1. The Morgan fingerprint density at radius 3 is 2.29 bits per heavy atom. The molecule has 1 saturated carbocycles. The van der Waals surface area contributed by atoms with Gasteiger partial charge in [0.1, 0.15) is 0 Å². The minimum atomic E-state index is 0.501. The van der Waals surface area contributed by atoms with Gasteiger partial charge in [-0.1, -0.05) is 29.0 Å². The molecule has 0 aromatic carbocycles. The van der Waals surface area contributed by atoms with E-state index >= 15 is 0 Å². The summed E-state index contributed by atoms with van der Waals surface area (Å²) in [6.45, 7) is 0. The highest BCUT2D eigenvalue weighted by Gasteiger charge is 2.19. The van der Waals surface area contributed by atoms with Crippen molar-refractivity contribution in [2.45, 2.75) is 29.2 Å². The minimum absolute atomic E-state index is 0.501. The van der Waals surface area contributed by atoms with Crippen LogP contribution in [0.4, 0.5) is 0 Å². The molecule has 0 bridgehead atoms. The SMILES string of the molecule is N[C@H]1CCC[C@@H]1I. The molecule has 1 aliphatic rings. The van der Waals surface area contributed by atoms with E-state index in [9.17, 15) is 0 Å². The van der Waals surface area contributed by atoms with Gasteiger partial charge in [0.15, 0.2) is 0 Å². The van der Waals surface area contributed by atoms with Crippen LogP contribution in [-0.2, 0) is 0 Å². The summed E-state index contributed by atoms with van der Waals surface area (Å²) < 4.78 is 0.762. The first-order chi connectivity index (χ1) is 3.30. The number of alkyl halides is 1. The quantitative estimate of drug-likeness (QED) is 0.474. The molecule has 0 spiro atoms. The van der Waals surface area contributed by atoms with E-state index in [1.807, 2.05) is 0 Å². The Morgan fingerprint density at radius 2 is 2.14 bits per heavy atom. The second kappa shape index (κ2) is 2.31. The lowest BCUT2D eigenvalue weighted by Gasteiger charge is -2.03. The Bertz CT molecular complexity index is 57.1. The monoisotopic (exact) mass is 211 g/mol. The first-order valence-corrected chi connectivity index (χ1v) is 3.95. The molecule has 7 heavy (non-hydrogen) atoms. The van der Waals surface area contributed by atoms with Gasteiger partial charge in [-0.25, -0.2) is 0 Å². The molecule has 0 radical (unpaired) electrons. The van der Waals surface area contributed by atoms with Crippen molar-refractivity contribution >= 4 is 22.6 Å². The number of hydrogen-bond acceptors (Lipinski definition) is 1. The molecule has 1 fully saturated rings. The molecular weight excluding hydrogens is 201 g/mol. The second-order valence-corrected chi connectivity index (χ2v) is 3.71. The third-order valence-corrected chi connectivity index (χ3v) is 3.03. The van der Waals surface area contributed by atoms with Gasteiger partial charge in [0.2, 0.25) is 0 Å². The lowest BCUT2D eigenvalue weighted by atomic mass is 10.3. The molecule has 0 saturated heterocycles. The highest BCUT2D eigenvalue weighted by molar-refractivity contribution is 14.1. The summed E-state index contributed by atoms with van der Waals surface area (Å²) >= 11 is 2.43. The van der Waals surface area contributed by atoms with Crippen molar-refractivity contribution in [3.05, 3.63) is 0 Å². The van der Waals surface area contributed by atoms with Gasteiger partial charge < -0.3 is 5.73 Å². The van der Waals surface area contributed by atoms with Gasteiger partial charge in [-0.15, -0.1) is 0 Å². The number of halogens is 1. The number of nitrogens with two attached hydrogens (primary N) is 1. The molecule has 0 heterocycles.